The maximum absolute atomic E-state index is 8.45. The summed E-state index contributed by atoms with van der Waals surface area (Å²) < 4.78 is 5.29. The fourth-order valence-electron chi connectivity index (χ4n) is 1.67. The molecule has 0 saturated carbocycles. The molecule has 0 aliphatic carbocycles. The zero-order valence-corrected chi connectivity index (χ0v) is 10.6. The maximum Gasteiger partial charge on any atom is 0.148 e. The first-order valence-corrected chi connectivity index (χ1v) is 5.93. The van der Waals surface area contributed by atoms with Gasteiger partial charge in [0.2, 0.25) is 0 Å². The van der Waals surface area contributed by atoms with Crippen LogP contribution in [-0.4, -0.2) is 23.9 Å². The number of anilines is 1. The normalized spacial score (nSPS) is 9.68. The third-order valence-corrected chi connectivity index (χ3v) is 2.59. The molecule has 5 nitrogen and oxygen atoms in total. The number of nitrogens with zero attached hydrogens (tertiary/aromatic N) is 3. The van der Waals surface area contributed by atoms with Gasteiger partial charge >= 0.3 is 0 Å². The van der Waals surface area contributed by atoms with Crippen molar-refractivity contribution >= 4 is 5.82 Å². The molecule has 1 aromatic carbocycles. The van der Waals surface area contributed by atoms with E-state index in [1.54, 1.807) is 7.11 Å². The minimum atomic E-state index is 0.440. The van der Waals surface area contributed by atoms with Gasteiger partial charge in [0.25, 0.3) is 0 Å². The molecule has 2 aromatic rings. The van der Waals surface area contributed by atoms with E-state index in [0.29, 0.717) is 18.8 Å². The van der Waals surface area contributed by atoms with Crippen molar-refractivity contribution in [2.75, 3.05) is 19.0 Å². The Morgan fingerprint density at radius 3 is 2.74 bits per heavy atom. The Morgan fingerprint density at radius 2 is 2.05 bits per heavy atom. The van der Waals surface area contributed by atoms with Gasteiger partial charge in [0.05, 0.1) is 25.3 Å². The topological polar surface area (TPSA) is 70.8 Å². The van der Waals surface area contributed by atoms with Crippen LogP contribution in [-0.2, 0) is 0 Å². The predicted octanol–water partition coefficient (Wildman–Crippen LogP) is 2.48. The van der Waals surface area contributed by atoms with Crippen molar-refractivity contribution in [1.29, 1.82) is 5.26 Å². The molecule has 2 rings (SSSR count). The Labute approximate surface area is 111 Å². The number of nitrogens with one attached hydrogen (secondary N) is 1. The van der Waals surface area contributed by atoms with E-state index in [-0.39, 0.29) is 0 Å². The van der Waals surface area contributed by atoms with Gasteiger partial charge in [-0.1, -0.05) is 12.1 Å². The standard InChI is InChI=1S/C14H14N4O/c1-19-13-6-3-2-5-11(13)12-7-8-14(18-17-12)16-10-4-9-15/h2-3,5-8H,4,10H2,1H3,(H,16,18). The van der Waals surface area contributed by atoms with Gasteiger partial charge < -0.3 is 10.1 Å². The SMILES string of the molecule is COc1ccccc1-c1ccc(NCCC#N)nn1. The van der Waals surface area contributed by atoms with Gasteiger partial charge in [0.15, 0.2) is 0 Å². The van der Waals surface area contributed by atoms with E-state index in [0.717, 1.165) is 17.0 Å². The van der Waals surface area contributed by atoms with Crippen LogP contribution in [0.25, 0.3) is 11.3 Å². The molecule has 0 atom stereocenters. The van der Waals surface area contributed by atoms with Gasteiger partial charge in [-0.15, -0.1) is 10.2 Å². The molecule has 0 aliphatic heterocycles. The number of hydrogen-bond acceptors (Lipinski definition) is 5. The smallest absolute Gasteiger partial charge is 0.148 e. The van der Waals surface area contributed by atoms with E-state index in [1.165, 1.54) is 0 Å². The zero-order chi connectivity index (χ0) is 13.5. The molecule has 0 spiro atoms. The monoisotopic (exact) mass is 254 g/mol. The average molecular weight is 254 g/mol. The summed E-state index contributed by atoms with van der Waals surface area (Å²) in [5.74, 6) is 1.43. The largest absolute Gasteiger partial charge is 0.496 e. The summed E-state index contributed by atoms with van der Waals surface area (Å²) in [4.78, 5) is 0. The molecule has 0 saturated heterocycles. The number of rotatable bonds is 5. The van der Waals surface area contributed by atoms with E-state index < -0.39 is 0 Å². The van der Waals surface area contributed by atoms with Gasteiger partial charge in [-0.2, -0.15) is 5.26 Å². The highest BCUT2D eigenvalue weighted by Crippen LogP contribution is 2.27. The molecule has 19 heavy (non-hydrogen) atoms. The Balaban J connectivity index is 2.16. The van der Waals surface area contributed by atoms with Crippen LogP contribution in [0.5, 0.6) is 5.75 Å². The Morgan fingerprint density at radius 1 is 1.21 bits per heavy atom. The van der Waals surface area contributed by atoms with Crippen molar-refractivity contribution in [1.82, 2.24) is 10.2 Å². The Kier molecular flexibility index (Phi) is 4.29. The molecule has 96 valence electrons. The molecule has 0 aliphatic rings. The lowest BCUT2D eigenvalue weighted by Gasteiger charge is -2.07. The van der Waals surface area contributed by atoms with Crippen molar-refractivity contribution in [3.8, 4) is 23.1 Å². The lowest BCUT2D eigenvalue weighted by atomic mass is 10.1. The molecule has 0 bridgehead atoms. The van der Waals surface area contributed by atoms with Gasteiger partial charge in [-0.05, 0) is 24.3 Å². The van der Waals surface area contributed by atoms with Crippen molar-refractivity contribution in [3.05, 3.63) is 36.4 Å². The molecule has 0 unspecified atom stereocenters. The van der Waals surface area contributed by atoms with Gasteiger partial charge in [-0.25, -0.2) is 0 Å². The molecule has 0 radical (unpaired) electrons. The number of nitriles is 1. The van der Waals surface area contributed by atoms with Crippen molar-refractivity contribution < 1.29 is 4.74 Å². The van der Waals surface area contributed by atoms with Crippen LogP contribution in [0.4, 0.5) is 5.82 Å². The fourth-order valence-corrected chi connectivity index (χ4v) is 1.67. The lowest BCUT2D eigenvalue weighted by Crippen LogP contribution is -2.03. The van der Waals surface area contributed by atoms with Crippen LogP contribution in [0.15, 0.2) is 36.4 Å². The molecule has 0 fully saturated rings. The number of ether oxygens (including phenoxy) is 1. The third kappa shape index (κ3) is 3.19. The van der Waals surface area contributed by atoms with Crippen LogP contribution in [0.1, 0.15) is 6.42 Å². The molecule has 5 heteroatoms. The molecule has 0 amide bonds. The summed E-state index contributed by atoms with van der Waals surface area (Å²) in [6, 6.07) is 13.4. The van der Waals surface area contributed by atoms with Gasteiger partial charge in [0, 0.05) is 12.1 Å². The second-order valence-corrected chi connectivity index (χ2v) is 3.84. The minimum absolute atomic E-state index is 0.440. The van der Waals surface area contributed by atoms with E-state index in [1.807, 2.05) is 36.4 Å². The van der Waals surface area contributed by atoms with Gasteiger partial charge in [0.1, 0.15) is 11.6 Å². The lowest BCUT2D eigenvalue weighted by molar-refractivity contribution is 0.416. The Bertz CT molecular complexity index is 575. The van der Waals surface area contributed by atoms with Gasteiger partial charge in [-0.3, -0.25) is 0 Å². The average Bonchev–Trinajstić information content (AvgIpc) is 2.48. The molecule has 1 heterocycles. The minimum Gasteiger partial charge on any atom is -0.496 e. The van der Waals surface area contributed by atoms with E-state index >= 15 is 0 Å². The highest BCUT2D eigenvalue weighted by atomic mass is 16.5. The number of hydrogen-bond donors (Lipinski definition) is 1. The molecule has 1 N–H and O–H groups in total. The molecular weight excluding hydrogens is 240 g/mol. The van der Waals surface area contributed by atoms with Crippen LogP contribution in [0.3, 0.4) is 0 Å². The quantitative estimate of drug-likeness (QED) is 0.830. The summed E-state index contributed by atoms with van der Waals surface area (Å²) in [5, 5.41) is 19.7. The van der Waals surface area contributed by atoms with E-state index in [4.69, 9.17) is 10.00 Å². The predicted molar refractivity (Wildman–Crippen MR) is 72.7 cm³/mol. The van der Waals surface area contributed by atoms with Crippen molar-refractivity contribution in [2.24, 2.45) is 0 Å². The maximum atomic E-state index is 8.45. The highest BCUT2D eigenvalue weighted by molar-refractivity contribution is 5.67. The first-order valence-electron chi connectivity index (χ1n) is 5.93. The zero-order valence-electron chi connectivity index (χ0n) is 10.6. The van der Waals surface area contributed by atoms with Crippen molar-refractivity contribution in [2.45, 2.75) is 6.42 Å². The summed E-state index contributed by atoms with van der Waals surface area (Å²) in [7, 11) is 1.63. The highest BCUT2D eigenvalue weighted by Gasteiger charge is 2.06. The first kappa shape index (κ1) is 12.8. The second-order valence-electron chi connectivity index (χ2n) is 3.84. The molecular formula is C14H14N4O. The van der Waals surface area contributed by atoms with Crippen LogP contribution in [0.2, 0.25) is 0 Å². The summed E-state index contributed by atoms with van der Waals surface area (Å²) in [6.07, 6.45) is 0.440. The van der Waals surface area contributed by atoms with Crippen LogP contribution in [0, 0.1) is 11.3 Å². The van der Waals surface area contributed by atoms with Crippen LogP contribution >= 0.6 is 0 Å². The summed E-state index contributed by atoms with van der Waals surface area (Å²) in [5.41, 5.74) is 1.66. The summed E-state index contributed by atoms with van der Waals surface area (Å²) >= 11 is 0. The second kappa shape index (κ2) is 6.36. The van der Waals surface area contributed by atoms with Crippen LogP contribution < -0.4 is 10.1 Å². The number of para-hydroxylation sites is 1. The fraction of sp³-hybridized carbons (Fsp3) is 0.214. The molecule has 1 aromatic heterocycles. The van der Waals surface area contributed by atoms with Crippen molar-refractivity contribution in [3.63, 3.8) is 0 Å². The van der Waals surface area contributed by atoms with E-state index in [2.05, 4.69) is 21.6 Å². The first-order chi connectivity index (χ1) is 9.35. The number of methoxy groups -OCH3 is 1. The Hall–Kier alpha value is -2.61. The number of benzene rings is 1. The summed E-state index contributed by atoms with van der Waals surface area (Å²) in [6.45, 7) is 0.569. The number of aromatic nitrogens is 2. The van der Waals surface area contributed by atoms with E-state index in [9.17, 15) is 0 Å². The third-order valence-electron chi connectivity index (χ3n) is 2.59.